The van der Waals surface area contributed by atoms with Gasteiger partial charge in [-0.25, -0.2) is 4.98 Å². The van der Waals surface area contributed by atoms with Crippen LogP contribution in [0.25, 0.3) is 11.0 Å². The minimum absolute atomic E-state index is 0. The van der Waals surface area contributed by atoms with Crippen LogP contribution in [-0.2, 0) is 6.42 Å². The molecule has 0 radical (unpaired) electrons. The number of H-pyrrole nitrogens is 1. The summed E-state index contributed by atoms with van der Waals surface area (Å²) in [5.74, 6) is 0. The molecule has 0 aromatic carbocycles. The number of rotatable bonds is 1. The first-order valence-electron chi connectivity index (χ1n) is 3.93. The van der Waals surface area contributed by atoms with Gasteiger partial charge in [0.05, 0.1) is 5.02 Å². The lowest BCUT2D eigenvalue weighted by Crippen LogP contribution is -1.78. The predicted octanol–water partition coefficient (Wildman–Crippen LogP) is 3.20. The maximum atomic E-state index is 6.02. The number of nitrogens with zero attached hydrogens (tertiary/aromatic N) is 1. The molecule has 2 rings (SSSR count). The van der Waals surface area contributed by atoms with Crippen LogP contribution in [0, 0.1) is 0 Å². The van der Waals surface area contributed by atoms with Crippen LogP contribution in [0.3, 0.4) is 0 Å². The van der Waals surface area contributed by atoms with Gasteiger partial charge in [-0.3, -0.25) is 0 Å². The van der Waals surface area contributed by atoms with Gasteiger partial charge in [-0.2, -0.15) is 0 Å². The second-order valence-electron chi connectivity index (χ2n) is 2.68. The molecule has 0 aliphatic heterocycles. The van der Waals surface area contributed by atoms with E-state index in [4.69, 9.17) is 11.6 Å². The zero-order chi connectivity index (χ0) is 8.55. The molecule has 0 unspecified atom stereocenters. The molecule has 0 saturated heterocycles. The number of aryl methyl sites for hydroxylation is 1. The molecular formula is C9H10Cl2N2. The molecule has 2 heterocycles. The lowest BCUT2D eigenvalue weighted by molar-refractivity contribution is 1.15. The number of fused-ring (bicyclic) bond motifs is 1. The van der Waals surface area contributed by atoms with Gasteiger partial charge in [0.15, 0.2) is 0 Å². The number of aromatic nitrogens is 2. The maximum absolute atomic E-state index is 6.02. The second kappa shape index (κ2) is 3.99. The normalized spacial score (nSPS) is 10.0. The molecule has 1 N–H and O–H groups in total. The first-order valence-corrected chi connectivity index (χ1v) is 4.31. The van der Waals surface area contributed by atoms with Crippen molar-refractivity contribution in [1.82, 2.24) is 9.97 Å². The van der Waals surface area contributed by atoms with Crippen LogP contribution >= 0.6 is 24.0 Å². The molecule has 0 spiro atoms. The van der Waals surface area contributed by atoms with Crippen LogP contribution in [0.5, 0.6) is 0 Å². The molecule has 0 atom stereocenters. The summed E-state index contributed by atoms with van der Waals surface area (Å²) < 4.78 is 0. The average Bonchev–Trinajstić information content (AvgIpc) is 2.49. The lowest BCUT2D eigenvalue weighted by atomic mass is 10.2. The Morgan fingerprint density at radius 2 is 2.31 bits per heavy atom. The highest BCUT2D eigenvalue weighted by Gasteiger charge is 2.05. The van der Waals surface area contributed by atoms with Gasteiger partial charge in [0.1, 0.15) is 5.65 Å². The fourth-order valence-corrected chi connectivity index (χ4v) is 1.63. The summed E-state index contributed by atoms with van der Waals surface area (Å²) in [4.78, 5) is 7.26. The summed E-state index contributed by atoms with van der Waals surface area (Å²) in [5.41, 5.74) is 2.10. The first kappa shape index (κ1) is 10.4. The molecule has 2 aromatic heterocycles. The number of aromatic amines is 1. The fraction of sp³-hybridized carbons (Fsp3) is 0.222. The Balaban J connectivity index is 0.000000845. The Bertz CT molecular complexity index is 409. The van der Waals surface area contributed by atoms with E-state index in [0.717, 1.165) is 22.5 Å². The summed E-state index contributed by atoms with van der Waals surface area (Å²) in [6, 6.07) is 1.82. The highest BCUT2D eigenvalue weighted by atomic mass is 35.5. The Kier molecular flexibility index (Phi) is 3.17. The number of pyridine rings is 1. The van der Waals surface area contributed by atoms with E-state index in [0.29, 0.717) is 0 Å². The van der Waals surface area contributed by atoms with Crippen molar-refractivity contribution in [1.29, 1.82) is 0 Å². The quantitative estimate of drug-likeness (QED) is 0.780. The van der Waals surface area contributed by atoms with E-state index in [1.165, 1.54) is 5.56 Å². The lowest BCUT2D eigenvalue weighted by Gasteiger charge is -1.94. The van der Waals surface area contributed by atoms with Crippen LogP contribution in [0.15, 0.2) is 18.5 Å². The second-order valence-corrected chi connectivity index (χ2v) is 3.09. The van der Waals surface area contributed by atoms with Crippen molar-refractivity contribution in [3.8, 4) is 0 Å². The van der Waals surface area contributed by atoms with Gasteiger partial charge < -0.3 is 4.98 Å². The minimum Gasteiger partial charge on any atom is -0.346 e. The molecule has 2 nitrogen and oxygen atoms in total. The third-order valence-corrected chi connectivity index (χ3v) is 2.30. The SMILES string of the molecule is CCc1c[nH]c2nccc(Cl)c12.Cl. The summed E-state index contributed by atoms with van der Waals surface area (Å²) in [5, 5.41) is 1.83. The molecular weight excluding hydrogens is 207 g/mol. The minimum atomic E-state index is 0. The van der Waals surface area contributed by atoms with Crippen molar-refractivity contribution < 1.29 is 0 Å². The molecule has 0 fully saturated rings. The van der Waals surface area contributed by atoms with Crippen molar-refractivity contribution in [3.63, 3.8) is 0 Å². The van der Waals surface area contributed by atoms with Crippen LogP contribution in [-0.4, -0.2) is 9.97 Å². The summed E-state index contributed by atoms with van der Waals surface area (Å²) in [7, 11) is 0. The third kappa shape index (κ3) is 1.64. The largest absolute Gasteiger partial charge is 0.346 e. The fourth-order valence-electron chi connectivity index (χ4n) is 1.36. The van der Waals surface area contributed by atoms with Crippen molar-refractivity contribution >= 4 is 35.0 Å². The maximum Gasteiger partial charge on any atom is 0.138 e. The molecule has 0 aliphatic carbocycles. The zero-order valence-corrected chi connectivity index (χ0v) is 8.75. The van der Waals surface area contributed by atoms with E-state index in [2.05, 4.69) is 16.9 Å². The van der Waals surface area contributed by atoms with E-state index in [9.17, 15) is 0 Å². The van der Waals surface area contributed by atoms with E-state index in [-0.39, 0.29) is 12.4 Å². The first-order chi connectivity index (χ1) is 5.83. The van der Waals surface area contributed by atoms with Crippen LogP contribution in [0.2, 0.25) is 5.02 Å². The molecule has 0 aliphatic rings. The zero-order valence-electron chi connectivity index (χ0n) is 7.17. The molecule has 2 aromatic rings. The average molecular weight is 217 g/mol. The van der Waals surface area contributed by atoms with Gasteiger partial charge in [-0.15, -0.1) is 12.4 Å². The predicted molar refractivity (Wildman–Crippen MR) is 57.7 cm³/mol. The van der Waals surface area contributed by atoms with Crippen LogP contribution in [0.4, 0.5) is 0 Å². The molecule has 0 amide bonds. The Morgan fingerprint density at radius 1 is 1.54 bits per heavy atom. The van der Waals surface area contributed by atoms with Crippen molar-refractivity contribution in [2.24, 2.45) is 0 Å². The Labute approximate surface area is 87.7 Å². The standard InChI is InChI=1S/C9H9ClN2.ClH/c1-2-6-5-12-9-8(6)7(10)3-4-11-9;/h3-5H,2H2,1H3,(H,11,12);1H. The Hall–Kier alpha value is -0.730. The number of hydrogen-bond donors (Lipinski definition) is 1. The number of hydrogen-bond acceptors (Lipinski definition) is 1. The van der Waals surface area contributed by atoms with Crippen molar-refractivity contribution in [3.05, 3.63) is 29.0 Å². The van der Waals surface area contributed by atoms with Gasteiger partial charge in [0, 0.05) is 17.8 Å². The van der Waals surface area contributed by atoms with Gasteiger partial charge in [0.25, 0.3) is 0 Å². The van der Waals surface area contributed by atoms with Gasteiger partial charge >= 0.3 is 0 Å². The highest BCUT2D eigenvalue weighted by Crippen LogP contribution is 2.24. The van der Waals surface area contributed by atoms with Gasteiger partial charge in [-0.05, 0) is 18.1 Å². The Morgan fingerprint density at radius 3 is 3.00 bits per heavy atom. The molecule has 0 bridgehead atoms. The van der Waals surface area contributed by atoms with E-state index < -0.39 is 0 Å². The smallest absolute Gasteiger partial charge is 0.138 e. The molecule has 0 saturated carbocycles. The van der Waals surface area contributed by atoms with Gasteiger partial charge in [-0.1, -0.05) is 18.5 Å². The summed E-state index contributed by atoms with van der Waals surface area (Å²) in [6.45, 7) is 2.10. The van der Waals surface area contributed by atoms with E-state index >= 15 is 0 Å². The highest BCUT2D eigenvalue weighted by molar-refractivity contribution is 6.35. The molecule has 13 heavy (non-hydrogen) atoms. The van der Waals surface area contributed by atoms with E-state index in [1.54, 1.807) is 6.20 Å². The number of halogens is 2. The molecule has 70 valence electrons. The molecule has 4 heteroatoms. The topological polar surface area (TPSA) is 28.7 Å². The third-order valence-electron chi connectivity index (χ3n) is 1.99. The van der Waals surface area contributed by atoms with Crippen molar-refractivity contribution in [2.45, 2.75) is 13.3 Å². The monoisotopic (exact) mass is 216 g/mol. The van der Waals surface area contributed by atoms with Crippen LogP contribution < -0.4 is 0 Å². The summed E-state index contributed by atoms with van der Waals surface area (Å²) >= 11 is 6.02. The van der Waals surface area contributed by atoms with E-state index in [1.807, 2.05) is 12.3 Å². The van der Waals surface area contributed by atoms with Crippen molar-refractivity contribution in [2.75, 3.05) is 0 Å². The summed E-state index contributed by atoms with van der Waals surface area (Å²) in [6.07, 6.45) is 4.65. The number of nitrogens with one attached hydrogen (secondary N) is 1. The van der Waals surface area contributed by atoms with Gasteiger partial charge in [0.2, 0.25) is 0 Å². The van der Waals surface area contributed by atoms with Crippen LogP contribution in [0.1, 0.15) is 12.5 Å².